The average Bonchev–Trinajstić information content (AvgIpc) is 3.61. The van der Waals surface area contributed by atoms with E-state index in [0.717, 1.165) is 35.3 Å². The van der Waals surface area contributed by atoms with Gasteiger partial charge < -0.3 is 9.47 Å². The van der Waals surface area contributed by atoms with Crippen LogP contribution in [0.4, 0.5) is 0 Å². The minimum Gasteiger partial charge on any atom is -0.465 e. The first kappa shape index (κ1) is 27.0. The summed E-state index contributed by atoms with van der Waals surface area (Å²) in [6.07, 6.45) is 7.46. The molecular weight excluding hydrogens is 536 g/mol. The number of rotatable bonds is 7. The van der Waals surface area contributed by atoms with E-state index >= 15 is 0 Å². The summed E-state index contributed by atoms with van der Waals surface area (Å²) in [5.41, 5.74) is 5.22. The Kier molecular flexibility index (Phi) is 7.32. The molecule has 1 aromatic carbocycles. The monoisotopic (exact) mass is 564 g/mol. The lowest BCUT2D eigenvalue weighted by atomic mass is 10.1. The lowest BCUT2D eigenvalue weighted by Crippen LogP contribution is -2.29. The molecule has 1 fully saturated rings. The molecule has 0 aliphatic carbocycles. The third kappa shape index (κ3) is 5.06. The van der Waals surface area contributed by atoms with E-state index in [0.29, 0.717) is 35.6 Å². The van der Waals surface area contributed by atoms with Gasteiger partial charge in [0, 0.05) is 37.6 Å². The highest BCUT2D eigenvalue weighted by molar-refractivity contribution is 5.90. The summed E-state index contributed by atoms with van der Waals surface area (Å²) < 4.78 is 13.1. The number of methoxy groups -OCH3 is 2. The lowest BCUT2D eigenvalue weighted by Gasteiger charge is -2.16. The first-order valence-corrected chi connectivity index (χ1v) is 13.4. The average molecular weight is 565 g/mol. The van der Waals surface area contributed by atoms with Crippen molar-refractivity contribution in [2.75, 3.05) is 27.3 Å². The second-order valence-corrected chi connectivity index (χ2v) is 10.0. The van der Waals surface area contributed by atoms with Crippen molar-refractivity contribution in [1.29, 1.82) is 0 Å². The van der Waals surface area contributed by atoms with Gasteiger partial charge >= 0.3 is 17.6 Å². The molecule has 42 heavy (non-hydrogen) atoms. The van der Waals surface area contributed by atoms with Crippen molar-refractivity contribution in [3.8, 4) is 16.9 Å². The number of ether oxygens (including phenoxy) is 2. The topological polar surface area (TPSA) is 121 Å². The molecule has 5 aromatic rings. The van der Waals surface area contributed by atoms with Crippen molar-refractivity contribution in [2.24, 2.45) is 0 Å². The van der Waals surface area contributed by atoms with E-state index in [1.165, 1.54) is 14.2 Å². The smallest absolute Gasteiger partial charge is 0.337 e. The molecule has 0 amide bonds. The fourth-order valence-corrected chi connectivity index (χ4v) is 5.46. The Bertz CT molecular complexity index is 1830. The van der Waals surface area contributed by atoms with E-state index in [2.05, 4.69) is 19.9 Å². The van der Waals surface area contributed by atoms with Gasteiger partial charge in [-0.05, 0) is 48.9 Å². The summed E-state index contributed by atoms with van der Waals surface area (Å²) in [4.78, 5) is 53.1. The van der Waals surface area contributed by atoms with Crippen molar-refractivity contribution >= 4 is 23.0 Å². The van der Waals surface area contributed by atoms with Gasteiger partial charge in [-0.15, -0.1) is 0 Å². The number of imidazole rings is 1. The van der Waals surface area contributed by atoms with Gasteiger partial charge in [-0.3, -0.25) is 29.0 Å². The Morgan fingerprint density at radius 1 is 0.881 bits per heavy atom. The fourth-order valence-electron chi connectivity index (χ4n) is 5.46. The standard InChI is InChI=1S/C31H28N6O5/c1-41-29(38)21-5-3-20(4-6-21)26-8-7-24(16-34-26)36-27-10-12-32-17-28(27)37(31(36)40)25-11-14-35(19-25)18-23-15-22(9-13-33-23)30(39)42-2/h3-10,12-13,15-17,25H,11,14,18-19H2,1-2H3/t25-/m0/s1. The Morgan fingerprint density at radius 3 is 2.40 bits per heavy atom. The Hall–Kier alpha value is -5.16. The van der Waals surface area contributed by atoms with Gasteiger partial charge in [-0.25, -0.2) is 14.4 Å². The van der Waals surface area contributed by atoms with Crippen molar-refractivity contribution in [3.63, 3.8) is 0 Å². The number of benzene rings is 1. The summed E-state index contributed by atoms with van der Waals surface area (Å²) in [7, 11) is 2.70. The molecule has 11 heteroatoms. The second-order valence-electron chi connectivity index (χ2n) is 10.0. The molecule has 0 radical (unpaired) electrons. The van der Waals surface area contributed by atoms with Crippen LogP contribution in [-0.2, 0) is 16.0 Å². The van der Waals surface area contributed by atoms with Crippen LogP contribution in [0, 0.1) is 0 Å². The summed E-state index contributed by atoms with van der Waals surface area (Å²) in [5, 5.41) is 0. The zero-order chi connectivity index (χ0) is 29.2. The van der Waals surface area contributed by atoms with Gasteiger partial charge in [-0.2, -0.15) is 0 Å². The van der Waals surface area contributed by atoms with E-state index in [1.54, 1.807) is 53.6 Å². The molecule has 1 saturated heterocycles. The number of aromatic nitrogens is 5. The third-order valence-electron chi connectivity index (χ3n) is 7.52. The molecule has 0 spiro atoms. The first-order chi connectivity index (χ1) is 20.5. The van der Waals surface area contributed by atoms with E-state index in [-0.39, 0.29) is 11.7 Å². The molecule has 1 atom stereocenters. The zero-order valence-corrected chi connectivity index (χ0v) is 23.1. The summed E-state index contributed by atoms with van der Waals surface area (Å²) in [5.74, 6) is -0.797. The maximum absolute atomic E-state index is 13.9. The minimum atomic E-state index is -0.399. The number of likely N-dealkylation sites (tertiary alicyclic amines) is 1. The maximum Gasteiger partial charge on any atom is 0.337 e. The molecule has 11 nitrogen and oxygen atoms in total. The highest BCUT2D eigenvalue weighted by atomic mass is 16.5. The molecule has 0 bridgehead atoms. The van der Waals surface area contributed by atoms with Crippen molar-refractivity contribution < 1.29 is 19.1 Å². The van der Waals surface area contributed by atoms with Crippen LogP contribution in [0.3, 0.4) is 0 Å². The molecular formula is C31H28N6O5. The molecule has 6 rings (SSSR count). The number of nitrogens with zero attached hydrogens (tertiary/aromatic N) is 6. The maximum atomic E-state index is 13.9. The van der Waals surface area contributed by atoms with Crippen LogP contribution in [0.1, 0.15) is 38.9 Å². The van der Waals surface area contributed by atoms with Crippen molar-refractivity contribution in [1.82, 2.24) is 29.0 Å². The lowest BCUT2D eigenvalue weighted by molar-refractivity contribution is 0.0591. The molecule has 0 N–H and O–H groups in total. The number of hydrogen-bond donors (Lipinski definition) is 0. The van der Waals surface area contributed by atoms with Gasteiger partial charge in [0.25, 0.3) is 0 Å². The normalized spacial score (nSPS) is 15.1. The van der Waals surface area contributed by atoms with E-state index in [4.69, 9.17) is 9.47 Å². The molecule has 212 valence electrons. The molecule has 4 aromatic heterocycles. The van der Waals surface area contributed by atoms with E-state index in [9.17, 15) is 14.4 Å². The van der Waals surface area contributed by atoms with Crippen LogP contribution >= 0.6 is 0 Å². The van der Waals surface area contributed by atoms with Crippen LogP contribution in [0.15, 0.2) is 84.2 Å². The number of carbonyl (C=O) groups is 2. The summed E-state index contributed by atoms with van der Waals surface area (Å²) >= 11 is 0. The number of pyridine rings is 3. The summed E-state index contributed by atoms with van der Waals surface area (Å²) in [6, 6.07) is 15.9. The van der Waals surface area contributed by atoms with Crippen molar-refractivity contribution in [2.45, 2.75) is 19.0 Å². The molecule has 1 aliphatic rings. The largest absolute Gasteiger partial charge is 0.465 e. The van der Waals surface area contributed by atoms with Crippen LogP contribution in [0.25, 0.3) is 28.0 Å². The Morgan fingerprint density at radius 2 is 1.67 bits per heavy atom. The number of hydrogen-bond acceptors (Lipinski definition) is 9. The van der Waals surface area contributed by atoms with Crippen molar-refractivity contribution in [3.05, 3.63) is 107 Å². The Balaban J connectivity index is 1.26. The molecule has 5 heterocycles. The Labute approximate surface area is 241 Å². The van der Waals surface area contributed by atoms with Crippen LogP contribution < -0.4 is 5.69 Å². The van der Waals surface area contributed by atoms with Gasteiger partial charge in [0.15, 0.2) is 0 Å². The fraction of sp³-hybridized carbons (Fsp3) is 0.226. The van der Waals surface area contributed by atoms with Crippen LogP contribution in [0.5, 0.6) is 0 Å². The van der Waals surface area contributed by atoms with Gasteiger partial charge in [-0.1, -0.05) is 12.1 Å². The highest BCUT2D eigenvalue weighted by Gasteiger charge is 2.29. The van der Waals surface area contributed by atoms with E-state index < -0.39 is 11.9 Å². The quantitative estimate of drug-likeness (QED) is 0.273. The second kappa shape index (κ2) is 11.4. The van der Waals surface area contributed by atoms with Gasteiger partial charge in [0.05, 0.1) is 71.9 Å². The third-order valence-corrected chi connectivity index (χ3v) is 7.52. The van der Waals surface area contributed by atoms with Gasteiger partial charge in [0.2, 0.25) is 0 Å². The minimum absolute atomic E-state index is 0.0604. The first-order valence-electron chi connectivity index (χ1n) is 13.4. The van der Waals surface area contributed by atoms with E-state index in [1.807, 2.05) is 34.9 Å². The molecule has 0 saturated carbocycles. The predicted molar refractivity (Wildman–Crippen MR) is 154 cm³/mol. The number of esters is 2. The highest BCUT2D eigenvalue weighted by Crippen LogP contribution is 2.27. The summed E-state index contributed by atoms with van der Waals surface area (Å²) in [6.45, 7) is 1.98. The predicted octanol–water partition coefficient (Wildman–Crippen LogP) is 3.66. The van der Waals surface area contributed by atoms with Gasteiger partial charge in [0.1, 0.15) is 0 Å². The SMILES string of the molecule is COC(=O)c1ccc(-c2ccc(-n3c(=O)n([C@H]4CCN(Cc5cc(C(=O)OC)ccn5)C4)c4cnccc43)cn2)cc1. The molecule has 0 unspecified atom stereocenters. The zero-order valence-electron chi connectivity index (χ0n) is 23.1. The van der Waals surface area contributed by atoms with Crippen LogP contribution in [-0.4, -0.2) is 68.2 Å². The molecule has 1 aliphatic heterocycles. The number of carbonyl (C=O) groups excluding carboxylic acids is 2. The number of fused-ring (bicyclic) bond motifs is 1. The van der Waals surface area contributed by atoms with Crippen LogP contribution in [0.2, 0.25) is 0 Å².